The maximum atomic E-state index is 10.9. The van der Waals surface area contributed by atoms with E-state index >= 15 is 0 Å². The Balaban J connectivity index is 2.66. The molecule has 1 aromatic carbocycles. The highest BCUT2D eigenvalue weighted by Crippen LogP contribution is 2.15. The summed E-state index contributed by atoms with van der Waals surface area (Å²) in [6, 6.07) is 5.91. The molecule has 5 heteroatoms. The molecule has 0 unspecified atom stereocenters. The Bertz CT molecular complexity index is 418. The highest BCUT2D eigenvalue weighted by atomic mass is 32.1. The van der Waals surface area contributed by atoms with Gasteiger partial charge in [0, 0.05) is 5.69 Å². The van der Waals surface area contributed by atoms with Crippen molar-refractivity contribution in [2.45, 2.75) is 13.8 Å². The Kier molecular flexibility index (Phi) is 4.25. The summed E-state index contributed by atoms with van der Waals surface area (Å²) in [5.41, 5.74) is 3.11. The minimum absolute atomic E-state index is 0.221. The van der Waals surface area contributed by atoms with Crippen molar-refractivity contribution in [3.63, 3.8) is 0 Å². The molecule has 4 nitrogen and oxygen atoms in total. The van der Waals surface area contributed by atoms with E-state index in [1.165, 1.54) is 12.7 Å². The molecule has 16 heavy (non-hydrogen) atoms. The molecule has 0 heterocycles. The maximum absolute atomic E-state index is 10.9. The van der Waals surface area contributed by atoms with Gasteiger partial charge in [0.1, 0.15) is 0 Å². The molecular weight excluding hydrogens is 224 g/mol. The van der Waals surface area contributed by atoms with Crippen molar-refractivity contribution in [3.05, 3.63) is 29.3 Å². The number of methoxy groups -OCH3 is 1. The molecule has 1 amide bonds. The van der Waals surface area contributed by atoms with Crippen LogP contribution in [-0.2, 0) is 4.74 Å². The van der Waals surface area contributed by atoms with Crippen LogP contribution in [0.3, 0.4) is 0 Å². The minimum Gasteiger partial charge on any atom is -0.453 e. The van der Waals surface area contributed by atoms with Gasteiger partial charge >= 0.3 is 6.09 Å². The molecule has 0 aliphatic rings. The van der Waals surface area contributed by atoms with Gasteiger partial charge in [0.05, 0.1) is 7.11 Å². The molecule has 0 saturated heterocycles. The lowest BCUT2D eigenvalue weighted by atomic mass is 10.1. The van der Waals surface area contributed by atoms with Crippen molar-refractivity contribution in [1.29, 1.82) is 0 Å². The lowest BCUT2D eigenvalue weighted by Gasteiger charge is -2.11. The number of carbonyl (C=O) groups excluding carboxylic acids is 1. The van der Waals surface area contributed by atoms with Gasteiger partial charge in [-0.1, -0.05) is 17.7 Å². The fourth-order valence-corrected chi connectivity index (χ4v) is 1.44. The van der Waals surface area contributed by atoms with E-state index in [0.717, 1.165) is 11.3 Å². The largest absolute Gasteiger partial charge is 0.453 e. The third-order valence-electron chi connectivity index (χ3n) is 2.03. The first-order chi connectivity index (χ1) is 7.52. The number of hydrogen-bond acceptors (Lipinski definition) is 3. The highest BCUT2D eigenvalue weighted by Gasteiger charge is 2.05. The predicted octanol–water partition coefficient (Wildman–Crippen LogP) is 2.36. The van der Waals surface area contributed by atoms with Crippen molar-refractivity contribution in [2.24, 2.45) is 0 Å². The molecule has 0 aromatic heterocycles. The fraction of sp³-hybridized carbons (Fsp3) is 0.273. The summed E-state index contributed by atoms with van der Waals surface area (Å²) >= 11 is 4.95. The van der Waals surface area contributed by atoms with Crippen LogP contribution in [0.5, 0.6) is 0 Å². The molecule has 1 rings (SSSR count). The van der Waals surface area contributed by atoms with Crippen molar-refractivity contribution in [1.82, 2.24) is 5.32 Å². The zero-order valence-electron chi connectivity index (χ0n) is 9.46. The van der Waals surface area contributed by atoms with Crippen LogP contribution in [0.1, 0.15) is 11.1 Å². The van der Waals surface area contributed by atoms with Gasteiger partial charge in [-0.3, -0.25) is 5.32 Å². The molecule has 0 aliphatic carbocycles. The van der Waals surface area contributed by atoms with E-state index in [1.54, 1.807) is 0 Å². The third-order valence-corrected chi connectivity index (χ3v) is 2.24. The summed E-state index contributed by atoms with van der Waals surface area (Å²) in [6.07, 6.45) is -0.581. The smallest absolute Gasteiger partial charge is 0.413 e. The first kappa shape index (κ1) is 12.4. The number of hydrogen-bond donors (Lipinski definition) is 2. The molecule has 0 saturated carbocycles. The summed E-state index contributed by atoms with van der Waals surface area (Å²) in [4.78, 5) is 10.9. The van der Waals surface area contributed by atoms with E-state index in [2.05, 4.69) is 15.4 Å². The second-order valence-electron chi connectivity index (χ2n) is 3.39. The summed E-state index contributed by atoms with van der Waals surface area (Å²) < 4.78 is 4.43. The zero-order valence-corrected chi connectivity index (χ0v) is 10.3. The number of aryl methyl sites for hydroxylation is 2. The predicted molar refractivity (Wildman–Crippen MR) is 67.7 cm³/mol. The van der Waals surface area contributed by atoms with E-state index in [4.69, 9.17) is 12.2 Å². The van der Waals surface area contributed by atoms with Crippen LogP contribution in [0.2, 0.25) is 0 Å². The number of anilines is 1. The van der Waals surface area contributed by atoms with Crippen LogP contribution in [0.4, 0.5) is 10.5 Å². The summed E-state index contributed by atoms with van der Waals surface area (Å²) in [5.74, 6) is 0. The molecular formula is C11H14N2O2S. The maximum Gasteiger partial charge on any atom is 0.413 e. The molecule has 1 aromatic rings. The standard InChI is InChI=1S/C11H14N2O2S/c1-7-4-5-9(8(2)6-7)12-10(16)13-11(14)15-3/h4-6H,1-3H3,(H2,12,13,14,16). The molecule has 2 N–H and O–H groups in total. The van der Waals surface area contributed by atoms with E-state index < -0.39 is 6.09 Å². The molecule has 0 atom stereocenters. The van der Waals surface area contributed by atoms with Gasteiger partial charge in [-0.05, 0) is 37.7 Å². The normalized spacial score (nSPS) is 9.44. The monoisotopic (exact) mass is 238 g/mol. The lowest BCUT2D eigenvalue weighted by molar-refractivity contribution is 0.177. The first-order valence-electron chi connectivity index (χ1n) is 4.76. The van der Waals surface area contributed by atoms with Crippen molar-refractivity contribution in [2.75, 3.05) is 12.4 Å². The van der Waals surface area contributed by atoms with Gasteiger partial charge < -0.3 is 10.1 Å². The molecule has 0 radical (unpaired) electrons. The van der Waals surface area contributed by atoms with Crippen molar-refractivity contribution >= 4 is 29.1 Å². The van der Waals surface area contributed by atoms with E-state index in [0.29, 0.717) is 0 Å². The fourth-order valence-electron chi connectivity index (χ4n) is 1.25. The van der Waals surface area contributed by atoms with Crippen molar-refractivity contribution < 1.29 is 9.53 Å². The summed E-state index contributed by atoms with van der Waals surface area (Å²) in [5, 5.41) is 5.52. The lowest BCUT2D eigenvalue weighted by Crippen LogP contribution is -2.34. The van der Waals surface area contributed by atoms with Crippen LogP contribution in [0, 0.1) is 13.8 Å². The zero-order chi connectivity index (χ0) is 12.1. The van der Waals surface area contributed by atoms with Gasteiger partial charge in [-0.25, -0.2) is 4.79 Å². The SMILES string of the molecule is COC(=O)NC(=S)Nc1ccc(C)cc1C. The molecule has 0 aliphatic heterocycles. The minimum atomic E-state index is -0.581. The van der Waals surface area contributed by atoms with Crippen LogP contribution < -0.4 is 10.6 Å². The number of amides is 1. The Morgan fingerprint density at radius 3 is 2.62 bits per heavy atom. The quantitative estimate of drug-likeness (QED) is 0.737. The summed E-state index contributed by atoms with van der Waals surface area (Å²) in [6.45, 7) is 3.98. The van der Waals surface area contributed by atoms with Crippen LogP contribution in [0.25, 0.3) is 0 Å². The van der Waals surface area contributed by atoms with Gasteiger partial charge in [-0.2, -0.15) is 0 Å². The van der Waals surface area contributed by atoms with Gasteiger partial charge in [0.2, 0.25) is 0 Å². The molecule has 0 fully saturated rings. The average molecular weight is 238 g/mol. The Labute approximate surface area is 100.0 Å². The van der Waals surface area contributed by atoms with Gasteiger partial charge in [0.25, 0.3) is 0 Å². The first-order valence-corrected chi connectivity index (χ1v) is 5.17. The van der Waals surface area contributed by atoms with Gasteiger partial charge in [0.15, 0.2) is 5.11 Å². The number of benzene rings is 1. The Morgan fingerprint density at radius 1 is 1.38 bits per heavy atom. The van der Waals surface area contributed by atoms with Crippen LogP contribution >= 0.6 is 12.2 Å². The Hall–Kier alpha value is -1.62. The summed E-state index contributed by atoms with van der Waals surface area (Å²) in [7, 11) is 1.29. The number of rotatable bonds is 1. The average Bonchev–Trinajstić information content (AvgIpc) is 2.22. The third kappa shape index (κ3) is 3.51. The topological polar surface area (TPSA) is 50.4 Å². The molecule has 0 spiro atoms. The van der Waals surface area contributed by atoms with E-state index in [-0.39, 0.29) is 5.11 Å². The van der Waals surface area contributed by atoms with Crippen LogP contribution in [0.15, 0.2) is 18.2 Å². The highest BCUT2D eigenvalue weighted by molar-refractivity contribution is 7.80. The number of ether oxygens (including phenoxy) is 1. The van der Waals surface area contributed by atoms with Gasteiger partial charge in [-0.15, -0.1) is 0 Å². The molecule has 0 bridgehead atoms. The number of alkyl carbamates (subject to hydrolysis) is 1. The number of thiocarbonyl (C=S) groups is 1. The van der Waals surface area contributed by atoms with Crippen LogP contribution in [-0.4, -0.2) is 18.3 Å². The van der Waals surface area contributed by atoms with Crippen molar-refractivity contribution in [3.8, 4) is 0 Å². The number of carbonyl (C=O) groups is 1. The van der Waals surface area contributed by atoms with E-state index in [9.17, 15) is 4.79 Å². The second kappa shape index (κ2) is 5.46. The Morgan fingerprint density at radius 2 is 2.06 bits per heavy atom. The number of nitrogens with one attached hydrogen (secondary N) is 2. The second-order valence-corrected chi connectivity index (χ2v) is 3.80. The van der Waals surface area contributed by atoms with E-state index in [1.807, 2.05) is 32.0 Å². The molecule has 86 valence electrons.